The van der Waals surface area contributed by atoms with Gasteiger partial charge in [0.05, 0.1) is 5.69 Å². The minimum atomic E-state index is -0.00805. The average molecular weight is 315 g/mol. The van der Waals surface area contributed by atoms with Gasteiger partial charge in [-0.15, -0.1) is 0 Å². The predicted molar refractivity (Wildman–Crippen MR) is 90.4 cm³/mol. The van der Waals surface area contributed by atoms with Gasteiger partial charge in [-0.1, -0.05) is 42.4 Å². The maximum Gasteiger partial charge on any atom is 0.259 e. The largest absolute Gasteiger partial charge is 0.361 e. The lowest BCUT2D eigenvalue weighted by molar-refractivity contribution is 0.0729. The number of hydrogen-bond acceptors (Lipinski definition) is 4. The van der Waals surface area contributed by atoms with Crippen molar-refractivity contribution in [1.82, 2.24) is 15.0 Å². The van der Waals surface area contributed by atoms with Gasteiger partial charge < -0.3 is 14.3 Å². The van der Waals surface area contributed by atoms with Crippen molar-refractivity contribution in [3.05, 3.63) is 52.9 Å². The Morgan fingerprint density at radius 3 is 2.48 bits per heavy atom. The number of benzene rings is 1. The molecule has 0 radical (unpaired) electrons. The Kier molecular flexibility index (Phi) is 5.93. The van der Waals surface area contributed by atoms with Gasteiger partial charge in [0.2, 0.25) is 0 Å². The van der Waals surface area contributed by atoms with Gasteiger partial charge in [0.15, 0.2) is 0 Å². The van der Waals surface area contributed by atoms with E-state index in [4.69, 9.17) is 4.52 Å². The first kappa shape index (κ1) is 17.2. The maximum atomic E-state index is 13.0. The van der Waals surface area contributed by atoms with Crippen LogP contribution in [0.25, 0.3) is 0 Å². The van der Waals surface area contributed by atoms with E-state index in [1.807, 2.05) is 56.3 Å². The zero-order valence-corrected chi connectivity index (χ0v) is 14.4. The smallest absolute Gasteiger partial charge is 0.259 e. The maximum absolute atomic E-state index is 13.0. The van der Waals surface area contributed by atoms with E-state index >= 15 is 0 Å². The molecule has 124 valence electrons. The molecule has 0 aliphatic carbocycles. The number of hydrogen-bond donors (Lipinski definition) is 0. The average Bonchev–Trinajstić information content (AvgIpc) is 2.92. The molecule has 1 amide bonds. The summed E-state index contributed by atoms with van der Waals surface area (Å²) in [5.41, 5.74) is 2.46. The number of aromatic nitrogens is 1. The molecule has 0 saturated heterocycles. The van der Waals surface area contributed by atoms with Crippen LogP contribution in [-0.4, -0.2) is 48.0 Å². The second kappa shape index (κ2) is 7.92. The molecular weight excluding hydrogens is 290 g/mol. The summed E-state index contributed by atoms with van der Waals surface area (Å²) in [4.78, 5) is 17.0. The van der Waals surface area contributed by atoms with E-state index in [9.17, 15) is 4.79 Å². The number of rotatable bonds is 7. The molecule has 0 unspecified atom stereocenters. The molecule has 0 fully saturated rings. The van der Waals surface area contributed by atoms with Crippen molar-refractivity contribution >= 4 is 5.91 Å². The minimum absolute atomic E-state index is 0.00805. The van der Waals surface area contributed by atoms with Gasteiger partial charge in [-0.25, -0.2) is 0 Å². The van der Waals surface area contributed by atoms with Gasteiger partial charge in [-0.05, 0) is 33.0 Å². The molecule has 1 aromatic carbocycles. The molecule has 0 aliphatic rings. The van der Waals surface area contributed by atoms with Crippen LogP contribution in [0.3, 0.4) is 0 Å². The van der Waals surface area contributed by atoms with E-state index in [1.165, 1.54) is 0 Å². The fourth-order valence-electron chi connectivity index (χ4n) is 2.47. The highest BCUT2D eigenvalue weighted by atomic mass is 16.5. The highest BCUT2D eigenvalue weighted by molar-refractivity contribution is 5.96. The van der Waals surface area contributed by atoms with Crippen molar-refractivity contribution < 1.29 is 9.32 Å². The molecule has 0 atom stereocenters. The van der Waals surface area contributed by atoms with Crippen molar-refractivity contribution in [3.63, 3.8) is 0 Å². The summed E-state index contributed by atoms with van der Waals surface area (Å²) in [6, 6.07) is 10.0. The van der Waals surface area contributed by atoms with E-state index in [0.29, 0.717) is 30.8 Å². The molecule has 2 aromatic rings. The Morgan fingerprint density at radius 1 is 1.17 bits per heavy atom. The molecule has 23 heavy (non-hydrogen) atoms. The molecule has 1 heterocycles. The molecule has 0 spiro atoms. The van der Waals surface area contributed by atoms with Crippen LogP contribution in [0.5, 0.6) is 0 Å². The molecular formula is C18H25N3O2. The molecule has 0 saturated carbocycles. The van der Waals surface area contributed by atoms with Crippen molar-refractivity contribution in [3.8, 4) is 0 Å². The number of nitrogens with zero attached hydrogens (tertiary/aromatic N) is 3. The summed E-state index contributed by atoms with van der Waals surface area (Å²) in [7, 11) is 4.01. The third kappa shape index (κ3) is 4.42. The van der Waals surface area contributed by atoms with Crippen LogP contribution in [0, 0.1) is 6.92 Å². The lowest BCUT2D eigenvalue weighted by atomic mass is 10.1. The van der Waals surface area contributed by atoms with E-state index in [2.05, 4.69) is 10.1 Å². The number of carbonyl (C=O) groups excluding carboxylic acids is 1. The number of aryl methyl sites for hydroxylation is 2. The molecule has 0 aliphatic heterocycles. The first-order valence-electron chi connectivity index (χ1n) is 7.96. The van der Waals surface area contributed by atoms with Gasteiger partial charge in [0, 0.05) is 19.6 Å². The lowest BCUT2D eigenvalue weighted by Crippen LogP contribution is -2.36. The zero-order chi connectivity index (χ0) is 16.8. The Balaban J connectivity index is 2.24. The molecule has 0 N–H and O–H groups in total. The van der Waals surface area contributed by atoms with Crippen LogP contribution < -0.4 is 0 Å². The summed E-state index contributed by atoms with van der Waals surface area (Å²) in [6.45, 7) is 5.83. The van der Waals surface area contributed by atoms with Crippen LogP contribution in [0.1, 0.15) is 34.3 Å². The van der Waals surface area contributed by atoms with Crippen molar-refractivity contribution in [1.29, 1.82) is 0 Å². The standard InChI is InChI=1S/C18H25N3O2/c1-5-16-17(14(2)23-19-16)18(22)21(12-11-20(3)4)13-15-9-7-6-8-10-15/h6-10H,5,11-13H2,1-4H3. The SMILES string of the molecule is CCc1noc(C)c1C(=O)N(CCN(C)C)Cc1ccccc1. The third-order valence-electron chi connectivity index (χ3n) is 3.80. The van der Waals surface area contributed by atoms with Crippen molar-refractivity contribution in [2.75, 3.05) is 27.2 Å². The van der Waals surface area contributed by atoms with Gasteiger partial charge in [-0.2, -0.15) is 0 Å². The third-order valence-corrected chi connectivity index (χ3v) is 3.80. The lowest BCUT2D eigenvalue weighted by Gasteiger charge is -2.24. The van der Waals surface area contributed by atoms with Gasteiger partial charge >= 0.3 is 0 Å². The Labute approximate surface area is 137 Å². The molecule has 0 bridgehead atoms. The number of amides is 1. The van der Waals surface area contributed by atoms with Crippen LogP contribution in [0.4, 0.5) is 0 Å². The van der Waals surface area contributed by atoms with Gasteiger partial charge in [-0.3, -0.25) is 4.79 Å². The topological polar surface area (TPSA) is 49.6 Å². The molecule has 5 nitrogen and oxygen atoms in total. The summed E-state index contributed by atoms with van der Waals surface area (Å²) in [5, 5.41) is 4.01. The number of likely N-dealkylation sites (N-methyl/N-ethyl adjacent to an activating group) is 1. The highest BCUT2D eigenvalue weighted by Gasteiger charge is 2.24. The summed E-state index contributed by atoms with van der Waals surface area (Å²) in [6.07, 6.45) is 0.686. The van der Waals surface area contributed by atoms with Crippen LogP contribution in [0.2, 0.25) is 0 Å². The first-order valence-corrected chi connectivity index (χ1v) is 7.96. The van der Waals surface area contributed by atoms with Gasteiger partial charge in [0.25, 0.3) is 5.91 Å². The Hall–Kier alpha value is -2.14. The minimum Gasteiger partial charge on any atom is -0.361 e. The Bertz CT molecular complexity index is 635. The van der Waals surface area contributed by atoms with Crippen LogP contribution >= 0.6 is 0 Å². The molecule has 2 rings (SSSR count). The second-order valence-corrected chi connectivity index (χ2v) is 5.93. The summed E-state index contributed by atoms with van der Waals surface area (Å²) < 4.78 is 5.23. The highest BCUT2D eigenvalue weighted by Crippen LogP contribution is 2.18. The summed E-state index contributed by atoms with van der Waals surface area (Å²) >= 11 is 0. The van der Waals surface area contributed by atoms with Crippen molar-refractivity contribution in [2.45, 2.75) is 26.8 Å². The Morgan fingerprint density at radius 2 is 1.87 bits per heavy atom. The summed E-state index contributed by atoms with van der Waals surface area (Å²) in [5.74, 6) is 0.584. The normalized spacial score (nSPS) is 11.0. The fourth-order valence-corrected chi connectivity index (χ4v) is 2.47. The predicted octanol–water partition coefficient (Wildman–Crippen LogP) is 2.75. The monoisotopic (exact) mass is 315 g/mol. The number of carbonyl (C=O) groups is 1. The zero-order valence-electron chi connectivity index (χ0n) is 14.4. The molecule has 5 heteroatoms. The van der Waals surface area contributed by atoms with Gasteiger partial charge in [0.1, 0.15) is 11.3 Å². The second-order valence-electron chi connectivity index (χ2n) is 5.93. The quantitative estimate of drug-likeness (QED) is 0.788. The van der Waals surface area contributed by atoms with Crippen LogP contribution in [-0.2, 0) is 13.0 Å². The fraction of sp³-hybridized carbons (Fsp3) is 0.444. The van der Waals surface area contributed by atoms with Crippen molar-refractivity contribution in [2.24, 2.45) is 0 Å². The van der Waals surface area contributed by atoms with E-state index in [0.717, 1.165) is 17.8 Å². The van der Waals surface area contributed by atoms with Crippen LogP contribution in [0.15, 0.2) is 34.9 Å². The van der Waals surface area contributed by atoms with E-state index in [1.54, 1.807) is 6.92 Å². The van der Waals surface area contributed by atoms with E-state index in [-0.39, 0.29) is 5.91 Å². The van der Waals surface area contributed by atoms with E-state index < -0.39 is 0 Å². The first-order chi connectivity index (χ1) is 11.0. The molecule has 1 aromatic heterocycles.